The van der Waals surface area contributed by atoms with Crippen LogP contribution in [0, 0.1) is 0 Å². The SMILES string of the molecule is CN(C)c1ccc(C2OCCN2C(C)(C)C)cc1. The molecular weight excluding hydrogens is 224 g/mol. The second-order valence-corrected chi connectivity index (χ2v) is 6.07. The molecular formula is C15H24N2O. The van der Waals surface area contributed by atoms with Crippen molar-refractivity contribution in [3.63, 3.8) is 0 Å². The molecule has 0 radical (unpaired) electrons. The third-order valence-corrected chi connectivity index (χ3v) is 3.45. The normalized spacial score (nSPS) is 21.3. The van der Waals surface area contributed by atoms with Crippen molar-refractivity contribution >= 4 is 5.69 Å². The minimum absolute atomic E-state index is 0.0983. The van der Waals surface area contributed by atoms with Crippen molar-refractivity contribution in [3.8, 4) is 0 Å². The maximum Gasteiger partial charge on any atom is 0.137 e. The van der Waals surface area contributed by atoms with Crippen LogP contribution < -0.4 is 4.90 Å². The number of rotatable bonds is 2. The van der Waals surface area contributed by atoms with Gasteiger partial charge in [-0.2, -0.15) is 0 Å². The van der Waals surface area contributed by atoms with E-state index in [0.717, 1.165) is 13.2 Å². The fourth-order valence-electron chi connectivity index (χ4n) is 2.37. The maximum atomic E-state index is 5.89. The van der Waals surface area contributed by atoms with E-state index in [1.54, 1.807) is 0 Å². The zero-order valence-corrected chi connectivity index (χ0v) is 12.1. The molecule has 3 heteroatoms. The third kappa shape index (κ3) is 2.68. The first-order valence-electron chi connectivity index (χ1n) is 6.55. The Labute approximate surface area is 110 Å². The first-order chi connectivity index (χ1) is 8.39. The lowest BCUT2D eigenvalue weighted by atomic mass is 10.0. The molecule has 1 aromatic carbocycles. The molecule has 3 nitrogen and oxygen atoms in total. The van der Waals surface area contributed by atoms with Crippen molar-refractivity contribution in [2.45, 2.75) is 32.5 Å². The monoisotopic (exact) mass is 248 g/mol. The van der Waals surface area contributed by atoms with Crippen LogP contribution in [-0.4, -0.2) is 37.7 Å². The first-order valence-corrected chi connectivity index (χ1v) is 6.55. The van der Waals surface area contributed by atoms with Gasteiger partial charge in [0, 0.05) is 31.9 Å². The second kappa shape index (κ2) is 4.90. The molecule has 0 amide bonds. The summed E-state index contributed by atoms with van der Waals surface area (Å²) in [6.45, 7) is 8.54. The molecule has 0 bridgehead atoms. The van der Waals surface area contributed by atoms with E-state index in [4.69, 9.17) is 4.74 Å². The van der Waals surface area contributed by atoms with Crippen LogP contribution in [0.3, 0.4) is 0 Å². The van der Waals surface area contributed by atoms with Crippen LogP contribution >= 0.6 is 0 Å². The van der Waals surface area contributed by atoms with Crippen LogP contribution in [0.2, 0.25) is 0 Å². The van der Waals surface area contributed by atoms with Gasteiger partial charge in [-0.25, -0.2) is 0 Å². The Morgan fingerprint density at radius 1 is 1.17 bits per heavy atom. The minimum Gasteiger partial charge on any atom is -0.378 e. The lowest BCUT2D eigenvalue weighted by molar-refractivity contribution is -0.0108. The summed E-state index contributed by atoms with van der Waals surface area (Å²) in [5, 5.41) is 0. The van der Waals surface area contributed by atoms with Crippen molar-refractivity contribution in [1.82, 2.24) is 4.90 Å². The lowest BCUT2D eigenvalue weighted by Gasteiger charge is -2.35. The van der Waals surface area contributed by atoms with Crippen LogP contribution in [0.5, 0.6) is 0 Å². The topological polar surface area (TPSA) is 15.7 Å². The molecule has 1 aromatic rings. The lowest BCUT2D eigenvalue weighted by Crippen LogP contribution is -2.41. The van der Waals surface area contributed by atoms with E-state index < -0.39 is 0 Å². The highest BCUT2D eigenvalue weighted by Gasteiger charge is 2.34. The number of ether oxygens (including phenoxy) is 1. The summed E-state index contributed by atoms with van der Waals surface area (Å²) in [5.74, 6) is 0. The smallest absolute Gasteiger partial charge is 0.137 e. The average Bonchev–Trinajstić information content (AvgIpc) is 2.77. The van der Waals surface area contributed by atoms with Crippen molar-refractivity contribution in [2.75, 3.05) is 32.1 Å². The van der Waals surface area contributed by atoms with Gasteiger partial charge in [-0.1, -0.05) is 12.1 Å². The van der Waals surface area contributed by atoms with E-state index in [9.17, 15) is 0 Å². The highest BCUT2D eigenvalue weighted by molar-refractivity contribution is 5.46. The number of anilines is 1. The second-order valence-electron chi connectivity index (χ2n) is 6.07. The zero-order valence-electron chi connectivity index (χ0n) is 12.1. The summed E-state index contributed by atoms with van der Waals surface area (Å²) >= 11 is 0. The molecule has 1 heterocycles. The zero-order chi connectivity index (χ0) is 13.3. The minimum atomic E-state index is 0.0983. The Balaban J connectivity index is 2.20. The standard InChI is InChI=1S/C15H24N2O/c1-15(2,3)17-10-11-18-14(17)12-6-8-13(9-7-12)16(4)5/h6-9,14H,10-11H2,1-5H3. The summed E-state index contributed by atoms with van der Waals surface area (Å²) in [6.07, 6.45) is 0.0983. The predicted octanol–water partition coefficient (Wildman–Crippen LogP) is 2.88. The molecule has 1 atom stereocenters. The molecule has 18 heavy (non-hydrogen) atoms. The molecule has 100 valence electrons. The van der Waals surface area contributed by atoms with E-state index in [1.165, 1.54) is 11.3 Å². The molecule has 1 aliphatic rings. The van der Waals surface area contributed by atoms with Crippen LogP contribution in [0.25, 0.3) is 0 Å². The highest BCUT2D eigenvalue weighted by atomic mass is 16.5. The predicted molar refractivity (Wildman–Crippen MR) is 75.9 cm³/mol. The molecule has 0 spiro atoms. The Hall–Kier alpha value is -1.06. The number of benzene rings is 1. The highest BCUT2D eigenvalue weighted by Crippen LogP contribution is 2.33. The van der Waals surface area contributed by atoms with Gasteiger partial charge in [0.15, 0.2) is 0 Å². The average molecular weight is 248 g/mol. The van der Waals surface area contributed by atoms with Crippen molar-refractivity contribution in [2.24, 2.45) is 0 Å². The summed E-state index contributed by atoms with van der Waals surface area (Å²) in [7, 11) is 4.12. The molecule has 1 aliphatic heterocycles. The molecule has 0 N–H and O–H groups in total. The number of hydrogen-bond acceptors (Lipinski definition) is 3. The fraction of sp³-hybridized carbons (Fsp3) is 0.600. The molecule has 1 fully saturated rings. The van der Waals surface area contributed by atoms with E-state index in [2.05, 4.69) is 68.9 Å². The first kappa shape index (κ1) is 13.4. The quantitative estimate of drug-likeness (QED) is 0.800. The molecule has 1 unspecified atom stereocenters. The van der Waals surface area contributed by atoms with Crippen LogP contribution in [-0.2, 0) is 4.74 Å². The van der Waals surface area contributed by atoms with Crippen molar-refractivity contribution in [1.29, 1.82) is 0 Å². The Morgan fingerprint density at radius 2 is 1.78 bits per heavy atom. The summed E-state index contributed by atoms with van der Waals surface area (Å²) in [4.78, 5) is 4.53. The van der Waals surface area contributed by atoms with Crippen molar-refractivity contribution < 1.29 is 4.74 Å². The van der Waals surface area contributed by atoms with Gasteiger partial charge in [0.05, 0.1) is 6.61 Å². The summed E-state index contributed by atoms with van der Waals surface area (Å²) in [6, 6.07) is 8.64. The van der Waals surface area contributed by atoms with Gasteiger partial charge < -0.3 is 9.64 Å². The molecule has 0 saturated carbocycles. The number of hydrogen-bond donors (Lipinski definition) is 0. The van der Waals surface area contributed by atoms with Crippen molar-refractivity contribution in [3.05, 3.63) is 29.8 Å². The van der Waals surface area contributed by atoms with Gasteiger partial charge in [-0.15, -0.1) is 0 Å². The molecule has 0 aliphatic carbocycles. The summed E-state index contributed by atoms with van der Waals surface area (Å²) < 4.78 is 5.89. The van der Waals surface area contributed by atoms with Gasteiger partial charge in [0.25, 0.3) is 0 Å². The Kier molecular flexibility index (Phi) is 3.64. The van der Waals surface area contributed by atoms with Crippen LogP contribution in [0.15, 0.2) is 24.3 Å². The largest absolute Gasteiger partial charge is 0.378 e. The van der Waals surface area contributed by atoms with Crippen LogP contribution in [0.1, 0.15) is 32.6 Å². The van der Waals surface area contributed by atoms with Gasteiger partial charge in [0.2, 0.25) is 0 Å². The van der Waals surface area contributed by atoms with E-state index in [-0.39, 0.29) is 11.8 Å². The van der Waals surface area contributed by atoms with Gasteiger partial charge in [0.1, 0.15) is 6.23 Å². The van der Waals surface area contributed by atoms with Crippen LogP contribution in [0.4, 0.5) is 5.69 Å². The Bertz CT molecular complexity index is 392. The maximum absolute atomic E-state index is 5.89. The Morgan fingerprint density at radius 3 is 2.28 bits per heavy atom. The third-order valence-electron chi connectivity index (χ3n) is 3.45. The van der Waals surface area contributed by atoms with E-state index >= 15 is 0 Å². The van der Waals surface area contributed by atoms with Gasteiger partial charge >= 0.3 is 0 Å². The van der Waals surface area contributed by atoms with E-state index in [0.29, 0.717) is 0 Å². The molecule has 2 rings (SSSR count). The fourth-order valence-corrected chi connectivity index (χ4v) is 2.37. The summed E-state index contributed by atoms with van der Waals surface area (Å²) in [5.41, 5.74) is 2.61. The van der Waals surface area contributed by atoms with Gasteiger partial charge in [-0.3, -0.25) is 4.90 Å². The molecule has 0 aromatic heterocycles. The van der Waals surface area contributed by atoms with Gasteiger partial charge in [-0.05, 0) is 38.5 Å². The molecule has 1 saturated heterocycles. The number of nitrogens with zero attached hydrogens (tertiary/aromatic N) is 2. The van der Waals surface area contributed by atoms with E-state index in [1.807, 2.05) is 0 Å².